The summed E-state index contributed by atoms with van der Waals surface area (Å²) in [4.78, 5) is 7.10. The van der Waals surface area contributed by atoms with Crippen molar-refractivity contribution in [1.29, 1.82) is 0 Å². The van der Waals surface area contributed by atoms with Gasteiger partial charge in [-0.15, -0.1) is 0 Å². The van der Waals surface area contributed by atoms with Gasteiger partial charge in [-0.3, -0.25) is 0 Å². The molecular weight excluding hydrogens is 276 g/mol. The average molecular weight is 304 g/mol. The molecule has 1 aliphatic heterocycles. The molecule has 0 aliphatic carbocycles. The number of nitrogens with one attached hydrogen (secondary N) is 2. The van der Waals surface area contributed by atoms with E-state index in [1.807, 2.05) is 0 Å². The Labute approximate surface area is 133 Å². The van der Waals surface area contributed by atoms with Crippen molar-refractivity contribution in [3.05, 3.63) is 29.8 Å². The van der Waals surface area contributed by atoms with Crippen molar-refractivity contribution in [2.24, 2.45) is 4.99 Å². The van der Waals surface area contributed by atoms with Gasteiger partial charge in [0, 0.05) is 31.9 Å². The Hall–Kier alpha value is -1.75. The first-order valence-corrected chi connectivity index (χ1v) is 8.28. The SMILES string of the molecule is CCCNC(=NCc1ccccc1N1CCOCC1)NCC. The zero-order valence-electron chi connectivity index (χ0n) is 13.8. The molecule has 5 nitrogen and oxygen atoms in total. The summed E-state index contributed by atoms with van der Waals surface area (Å²) in [6.45, 7) is 10.3. The highest BCUT2D eigenvalue weighted by Crippen LogP contribution is 2.22. The summed E-state index contributed by atoms with van der Waals surface area (Å²) >= 11 is 0. The Balaban J connectivity index is 2.07. The number of benzene rings is 1. The Morgan fingerprint density at radius 3 is 2.68 bits per heavy atom. The van der Waals surface area contributed by atoms with Gasteiger partial charge in [0.25, 0.3) is 0 Å². The molecule has 1 aromatic carbocycles. The largest absolute Gasteiger partial charge is 0.378 e. The van der Waals surface area contributed by atoms with E-state index in [0.29, 0.717) is 6.54 Å². The van der Waals surface area contributed by atoms with E-state index in [1.165, 1.54) is 11.3 Å². The first-order valence-electron chi connectivity index (χ1n) is 8.28. The molecule has 0 amide bonds. The van der Waals surface area contributed by atoms with Crippen LogP contribution in [0.25, 0.3) is 0 Å². The quantitative estimate of drug-likeness (QED) is 0.623. The lowest BCUT2D eigenvalue weighted by atomic mass is 10.1. The van der Waals surface area contributed by atoms with Gasteiger partial charge in [-0.25, -0.2) is 4.99 Å². The standard InChI is InChI=1S/C17H28N4O/c1-3-9-19-17(18-4-2)20-14-15-7-5-6-8-16(15)21-10-12-22-13-11-21/h5-8H,3-4,9-14H2,1-2H3,(H2,18,19,20). The van der Waals surface area contributed by atoms with Crippen LogP contribution < -0.4 is 15.5 Å². The third kappa shape index (κ3) is 4.91. The number of guanidine groups is 1. The number of hydrogen-bond acceptors (Lipinski definition) is 3. The van der Waals surface area contributed by atoms with Gasteiger partial charge >= 0.3 is 0 Å². The van der Waals surface area contributed by atoms with Crippen LogP contribution in [0.3, 0.4) is 0 Å². The Kier molecular flexibility index (Phi) is 7.03. The number of para-hydroxylation sites is 1. The van der Waals surface area contributed by atoms with E-state index < -0.39 is 0 Å². The molecule has 122 valence electrons. The number of morpholine rings is 1. The van der Waals surface area contributed by atoms with Crippen LogP contribution in [0.4, 0.5) is 5.69 Å². The van der Waals surface area contributed by atoms with Crippen LogP contribution >= 0.6 is 0 Å². The van der Waals surface area contributed by atoms with Crippen molar-refractivity contribution < 1.29 is 4.74 Å². The Morgan fingerprint density at radius 1 is 1.18 bits per heavy atom. The Morgan fingerprint density at radius 2 is 1.95 bits per heavy atom. The summed E-state index contributed by atoms with van der Waals surface area (Å²) in [6.07, 6.45) is 1.09. The number of aliphatic imine (C=N–C) groups is 1. The lowest BCUT2D eigenvalue weighted by molar-refractivity contribution is 0.122. The first-order chi connectivity index (χ1) is 10.8. The number of rotatable bonds is 6. The highest BCUT2D eigenvalue weighted by Gasteiger charge is 2.14. The highest BCUT2D eigenvalue weighted by molar-refractivity contribution is 5.79. The zero-order chi connectivity index (χ0) is 15.6. The minimum Gasteiger partial charge on any atom is -0.378 e. The fourth-order valence-corrected chi connectivity index (χ4v) is 2.51. The van der Waals surface area contributed by atoms with Crippen molar-refractivity contribution in [2.75, 3.05) is 44.3 Å². The van der Waals surface area contributed by atoms with Crippen molar-refractivity contribution >= 4 is 11.6 Å². The van der Waals surface area contributed by atoms with E-state index in [0.717, 1.165) is 51.8 Å². The van der Waals surface area contributed by atoms with E-state index >= 15 is 0 Å². The van der Waals surface area contributed by atoms with Gasteiger partial charge in [0.2, 0.25) is 0 Å². The monoisotopic (exact) mass is 304 g/mol. The minimum atomic E-state index is 0.687. The van der Waals surface area contributed by atoms with Crippen LogP contribution in [0.1, 0.15) is 25.8 Å². The second kappa shape index (κ2) is 9.30. The van der Waals surface area contributed by atoms with Crippen LogP contribution in [0.15, 0.2) is 29.3 Å². The van der Waals surface area contributed by atoms with E-state index in [9.17, 15) is 0 Å². The number of anilines is 1. The molecule has 0 unspecified atom stereocenters. The maximum absolute atomic E-state index is 5.45. The lowest BCUT2D eigenvalue weighted by Crippen LogP contribution is -2.38. The zero-order valence-corrected chi connectivity index (χ0v) is 13.8. The number of hydrogen-bond donors (Lipinski definition) is 2. The number of ether oxygens (including phenoxy) is 1. The molecule has 0 radical (unpaired) electrons. The molecule has 2 rings (SSSR count). The van der Waals surface area contributed by atoms with Gasteiger partial charge in [0.15, 0.2) is 5.96 Å². The van der Waals surface area contributed by atoms with Crippen LogP contribution in [-0.2, 0) is 11.3 Å². The van der Waals surface area contributed by atoms with Crippen molar-refractivity contribution in [1.82, 2.24) is 10.6 Å². The third-order valence-electron chi connectivity index (χ3n) is 3.64. The van der Waals surface area contributed by atoms with Gasteiger partial charge in [-0.2, -0.15) is 0 Å². The molecule has 0 aromatic heterocycles. The molecule has 1 fully saturated rings. The van der Waals surface area contributed by atoms with E-state index in [1.54, 1.807) is 0 Å². The van der Waals surface area contributed by atoms with E-state index in [2.05, 4.69) is 53.6 Å². The Bertz CT molecular complexity index is 469. The maximum atomic E-state index is 5.45. The molecular formula is C17H28N4O. The van der Waals surface area contributed by atoms with E-state index in [-0.39, 0.29) is 0 Å². The van der Waals surface area contributed by atoms with Gasteiger partial charge in [0.1, 0.15) is 0 Å². The molecule has 0 spiro atoms. The summed E-state index contributed by atoms with van der Waals surface area (Å²) in [7, 11) is 0. The summed E-state index contributed by atoms with van der Waals surface area (Å²) in [5.41, 5.74) is 2.54. The minimum absolute atomic E-state index is 0.687. The molecule has 0 saturated carbocycles. The maximum Gasteiger partial charge on any atom is 0.191 e. The fraction of sp³-hybridized carbons (Fsp3) is 0.588. The van der Waals surface area contributed by atoms with Gasteiger partial charge in [-0.05, 0) is 25.0 Å². The molecule has 22 heavy (non-hydrogen) atoms. The molecule has 1 saturated heterocycles. The third-order valence-corrected chi connectivity index (χ3v) is 3.64. The normalized spacial score (nSPS) is 15.7. The van der Waals surface area contributed by atoms with E-state index in [4.69, 9.17) is 9.73 Å². The molecule has 5 heteroatoms. The molecule has 0 bridgehead atoms. The van der Waals surface area contributed by atoms with Crippen LogP contribution in [0.5, 0.6) is 0 Å². The average Bonchev–Trinajstić information content (AvgIpc) is 2.58. The molecule has 1 aromatic rings. The lowest BCUT2D eigenvalue weighted by Gasteiger charge is -2.30. The topological polar surface area (TPSA) is 48.9 Å². The summed E-state index contributed by atoms with van der Waals surface area (Å²) in [5.74, 6) is 0.890. The second-order valence-electron chi connectivity index (χ2n) is 5.35. The second-order valence-corrected chi connectivity index (χ2v) is 5.35. The van der Waals surface area contributed by atoms with Crippen LogP contribution in [-0.4, -0.2) is 45.4 Å². The van der Waals surface area contributed by atoms with Crippen molar-refractivity contribution in [2.45, 2.75) is 26.8 Å². The molecule has 1 heterocycles. The molecule has 0 atom stereocenters. The number of nitrogens with zero attached hydrogens (tertiary/aromatic N) is 2. The molecule has 1 aliphatic rings. The van der Waals surface area contributed by atoms with Crippen LogP contribution in [0, 0.1) is 0 Å². The van der Waals surface area contributed by atoms with Gasteiger partial charge in [0.05, 0.1) is 19.8 Å². The summed E-state index contributed by atoms with van der Waals surface area (Å²) in [5, 5.41) is 6.64. The molecule has 2 N–H and O–H groups in total. The van der Waals surface area contributed by atoms with Crippen molar-refractivity contribution in [3.63, 3.8) is 0 Å². The van der Waals surface area contributed by atoms with Gasteiger partial charge < -0.3 is 20.3 Å². The smallest absolute Gasteiger partial charge is 0.191 e. The highest BCUT2D eigenvalue weighted by atomic mass is 16.5. The van der Waals surface area contributed by atoms with Gasteiger partial charge in [-0.1, -0.05) is 25.1 Å². The van der Waals surface area contributed by atoms with Crippen LogP contribution in [0.2, 0.25) is 0 Å². The first kappa shape index (κ1) is 16.6. The summed E-state index contributed by atoms with van der Waals surface area (Å²) in [6, 6.07) is 8.53. The predicted molar refractivity (Wildman–Crippen MR) is 92.6 cm³/mol. The van der Waals surface area contributed by atoms with Crippen molar-refractivity contribution in [3.8, 4) is 0 Å². The predicted octanol–water partition coefficient (Wildman–Crippen LogP) is 1.99. The summed E-state index contributed by atoms with van der Waals surface area (Å²) < 4.78 is 5.45. The fourth-order valence-electron chi connectivity index (χ4n) is 2.51.